The molecule has 35 heavy (non-hydrogen) atoms. The van der Waals surface area contributed by atoms with Crippen LogP contribution in [0.1, 0.15) is 62.5 Å². The third-order valence-electron chi connectivity index (χ3n) is 6.76. The summed E-state index contributed by atoms with van der Waals surface area (Å²) in [6.07, 6.45) is 4.55. The molecule has 2 aliphatic carbocycles. The number of hydrogen-bond acceptors (Lipinski definition) is 4. The Balaban J connectivity index is 1.32. The monoisotopic (exact) mass is 476 g/mol. The van der Waals surface area contributed by atoms with Gasteiger partial charge in [0.25, 0.3) is 0 Å². The number of carboxylic acids is 1. The van der Waals surface area contributed by atoms with Crippen LogP contribution in [0, 0.1) is 0 Å². The molecule has 7 nitrogen and oxygen atoms in total. The highest BCUT2D eigenvalue weighted by Gasteiger charge is 2.29. The molecule has 0 radical (unpaired) electrons. The van der Waals surface area contributed by atoms with E-state index in [1.807, 2.05) is 24.3 Å². The number of amides is 2. The minimum Gasteiger partial charge on any atom is -0.478 e. The van der Waals surface area contributed by atoms with Crippen LogP contribution in [0.25, 0.3) is 11.1 Å². The summed E-state index contributed by atoms with van der Waals surface area (Å²) < 4.78 is 5.65. The third-order valence-corrected chi connectivity index (χ3v) is 6.76. The van der Waals surface area contributed by atoms with Gasteiger partial charge in [-0.3, -0.25) is 4.79 Å². The SMILES string of the molecule is CCCCC(CC(=O)NC1CC=C(C(=O)O)C1)NC(=O)OCC1c2ccccc2-c2ccccc21. The van der Waals surface area contributed by atoms with Crippen molar-refractivity contribution in [1.29, 1.82) is 0 Å². The zero-order chi connectivity index (χ0) is 24.8. The first kappa shape index (κ1) is 24.5. The number of rotatable bonds is 10. The van der Waals surface area contributed by atoms with E-state index in [9.17, 15) is 14.4 Å². The summed E-state index contributed by atoms with van der Waals surface area (Å²) in [7, 11) is 0. The van der Waals surface area contributed by atoms with Gasteiger partial charge < -0.3 is 20.5 Å². The first-order chi connectivity index (χ1) is 17.0. The Kier molecular flexibility index (Phi) is 7.85. The summed E-state index contributed by atoms with van der Waals surface area (Å²) in [4.78, 5) is 36.4. The quantitative estimate of drug-likeness (QED) is 0.458. The van der Waals surface area contributed by atoms with Crippen molar-refractivity contribution in [2.45, 2.75) is 63.5 Å². The number of hydrogen-bond donors (Lipinski definition) is 3. The van der Waals surface area contributed by atoms with Crippen molar-refractivity contribution >= 4 is 18.0 Å². The molecule has 2 amide bonds. The summed E-state index contributed by atoms with van der Waals surface area (Å²) in [5, 5.41) is 14.9. The molecular formula is C28H32N2O5. The third kappa shape index (κ3) is 5.91. The average Bonchev–Trinajstić information content (AvgIpc) is 3.44. The predicted molar refractivity (Wildman–Crippen MR) is 133 cm³/mol. The number of fused-ring (bicyclic) bond motifs is 3. The normalized spacial score (nSPS) is 17.2. The Morgan fingerprint density at radius 1 is 1.06 bits per heavy atom. The van der Waals surface area contributed by atoms with E-state index < -0.39 is 12.1 Å². The summed E-state index contributed by atoms with van der Waals surface area (Å²) in [6, 6.07) is 15.8. The molecule has 0 fully saturated rings. The molecule has 0 bridgehead atoms. The second-order valence-electron chi connectivity index (χ2n) is 9.25. The molecule has 0 aliphatic heterocycles. The lowest BCUT2D eigenvalue weighted by atomic mass is 9.98. The maximum Gasteiger partial charge on any atom is 0.407 e. The van der Waals surface area contributed by atoms with Crippen molar-refractivity contribution < 1.29 is 24.2 Å². The standard InChI is InChI=1S/C28H32N2O5/c1-2-3-8-19(16-26(31)29-20-14-13-18(15-20)27(32)33)30-28(34)35-17-25-23-11-6-4-9-21(23)22-10-5-7-12-24(22)25/h4-7,9-13,19-20,25H,2-3,8,14-17H2,1H3,(H,29,31)(H,30,34)(H,32,33). The summed E-state index contributed by atoms with van der Waals surface area (Å²) in [5.41, 5.74) is 4.96. The molecule has 2 atom stereocenters. The van der Waals surface area contributed by atoms with Crippen LogP contribution in [0.4, 0.5) is 4.79 Å². The van der Waals surface area contributed by atoms with E-state index in [0.717, 1.165) is 24.0 Å². The number of carbonyl (C=O) groups is 3. The van der Waals surface area contributed by atoms with Gasteiger partial charge in [-0.05, 0) is 41.5 Å². The number of alkyl carbamates (subject to hydrolysis) is 1. The molecule has 2 aromatic carbocycles. The molecule has 2 aromatic rings. The Morgan fingerprint density at radius 3 is 2.31 bits per heavy atom. The van der Waals surface area contributed by atoms with Crippen LogP contribution in [0.3, 0.4) is 0 Å². The zero-order valence-electron chi connectivity index (χ0n) is 20.0. The number of ether oxygens (including phenoxy) is 1. The minimum absolute atomic E-state index is 0.0242. The van der Waals surface area contributed by atoms with Gasteiger partial charge >= 0.3 is 12.1 Å². The van der Waals surface area contributed by atoms with Crippen molar-refractivity contribution in [3.63, 3.8) is 0 Å². The first-order valence-corrected chi connectivity index (χ1v) is 12.3. The van der Waals surface area contributed by atoms with Gasteiger partial charge in [0.2, 0.25) is 5.91 Å². The van der Waals surface area contributed by atoms with Gasteiger partial charge in [-0.25, -0.2) is 9.59 Å². The topological polar surface area (TPSA) is 105 Å². The van der Waals surface area contributed by atoms with Gasteiger partial charge in [0.05, 0.1) is 0 Å². The fourth-order valence-electron chi connectivity index (χ4n) is 4.99. The molecule has 0 saturated heterocycles. The molecule has 0 heterocycles. The van der Waals surface area contributed by atoms with E-state index in [-0.39, 0.29) is 36.9 Å². The summed E-state index contributed by atoms with van der Waals surface area (Å²) >= 11 is 0. The minimum atomic E-state index is -0.945. The number of benzene rings is 2. The van der Waals surface area contributed by atoms with Crippen LogP contribution < -0.4 is 10.6 Å². The van der Waals surface area contributed by atoms with Crippen LogP contribution in [0.5, 0.6) is 0 Å². The van der Waals surface area contributed by atoms with Crippen molar-refractivity contribution in [2.24, 2.45) is 0 Å². The molecule has 0 aromatic heterocycles. The number of unbranched alkanes of at least 4 members (excludes halogenated alkanes) is 1. The molecular weight excluding hydrogens is 444 g/mol. The van der Waals surface area contributed by atoms with Crippen LogP contribution in [-0.2, 0) is 14.3 Å². The number of carbonyl (C=O) groups excluding carboxylic acids is 2. The number of carboxylic acid groups (broad SMARTS) is 1. The van der Waals surface area contributed by atoms with Gasteiger partial charge in [-0.15, -0.1) is 0 Å². The molecule has 184 valence electrons. The van der Waals surface area contributed by atoms with Crippen molar-refractivity contribution in [1.82, 2.24) is 10.6 Å². The van der Waals surface area contributed by atoms with Crippen molar-refractivity contribution in [3.05, 3.63) is 71.3 Å². The van der Waals surface area contributed by atoms with Gasteiger partial charge in [-0.2, -0.15) is 0 Å². The molecule has 4 rings (SSSR count). The smallest absolute Gasteiger partial charge is 0.407 e. The van der Waals surface area contributed by atoms with Gasteiger partial charge in [0, 0.05) is 30.0 Å². The Labute approximate surface area is 205 Å². The second kappa shape index (κ2) is 11.2. The lowest BCUT2D eigenvalue weighted by Crippen LogP contribution is -2.42. The Morgan fingerprint density at radius 2 is 1.71 bits per heavy atom. The lowest BCUT2D eigenvalue weighted by Gasteiger charge is -2.21. The van der Waals surface area contributed by atoms with E-state index in [0.29, 0.717) is 24.8 Å². The maximum atomic E-state index is 12.7. The zero-order valence-corrected chi connectivity index (χ0v) is 20.0. The molecule has 0 spiro atoms. The average molecular weight is 477 g/mol. The molecule has 0 saturated carbocycles. The Bertz CT molecular complexity index is 1080. The maximum absolute atomic E-state index is 12.7. The van der Waals surface area contributed by atoms with Crippen molar-refractivity contribution in [2.75, 3.05) is 6.61 Å². The van der Waals surface area contributed by atoms with Crippen LogP contribution in [-0.4, -0.2) is 41.8 Å². The van der Waals surface area contributed by atoms with Gasteiger partial charge in [0.15, 0.2) is 0 Å². The van der Waals surface area contributed by atoms with E-state index >= 15 is 0 Å². The van der Waals surface area contributed by atoms with E-state index in [2.05, 4.69) is 41.8 Å². The Hall–Kier alpha value is -3.61. The highest BCUT2D eigenvalue weighted by molar-refractivity contribution is 5.87. The van der Waals surface area contributed by atoms with E-state index in [1.165, 1.54) is 11.1 Å². The lowest BCUT2D eigenvalue weighted by molar-refractivity contribution is -0.133. The van der Waals surface area contributed by atoms with Gasteiger partial charge in [-0.1, -0.05) is 74.4 Å². The highest BCUT2D eigenvalue weighted by atomic mass is 16.5. The summed E-state index contributed by atoms with van der Waals surface area (Å²) in [6.45, 7) is 2.28. The fourth-order valence-corrected chi connectivity index (χ4v) is 4.99. The molecule has 2 unspecified atom stereocenters. The van der Waals surface area contributed by atoms with E-state index in [4.69, 9.17) is 9.84 Å². The van der Waals surface area contributed by atoms with Crippen LogP contribution in [0.15, 0.2) is 60.2 Å². The van der Waals surface area contributed by atoms with Crippen LogP contribution in [0.2, 0.25) is 0 Å². The van der Waals surface area contributed by atoms with Crippen molar-refractivity contribution in [3.8, 4) is 11.1 Å². The van der Waals surface area contributed by atoms with Gasteiger partial charge in [0.1, 0.15) is 6.61 Å². The van der Waals surface area contributed by atoms with Crippen LogP contribution >= 0.6 is 0 Å². The second-order valence-corrected chi connectivity index (χ2v) is 9.25. The predicted octanol–water partition coefficient (Wildman–Crippen LogP) is 4.76. The number of aliphatic carboxylic acids is 1. The summed E-state index contributed by atoms with van der Waals surface area (Å²) in [5.74, 6) is -1.17. The highest BCUT2D eigenvalue weighted by Crippen LogP contribution is 2.44. The molecule has 7 heteroatoms. The molecule has 3 N–H and O–H groups in total. The first-order valence-electron chi connectivity index (χ1n) is 12.3. The van der Waals surface area contributed by atoms with E-state index in [1.54, 1.807) is 6.08 Å². The molecule has 2 aliphatic rings. The number of nitrogens with one attached hydrogen (secondary N) is 2. The largest absolute Gasteiger partial charge is 0.478 e. The fraction of sp³-hybridized carbons (Fsp3) is 0.393.